The average molecular weight is 333 g/mol. The summed E-state index contributed by atoms with van der Waals surface area (Å²) in [4.78, 5) is 16.4. The molecule has 2 heterocycles. The van der Waals surface area contributed by atoms with Gasteiger partial charge in [0.1, 0.15) is 5.52 Å². The number of benzene rings is 1. The number of fused-ring (bicyclic) bond motifs is 1. The number of rotatable bonds is 4. The summed E-state index contributed by atoms with van der Waals surface area (Å²) in [5, 5.41) is 7.66. The number of carbonyl (C=O) groups is 1. The maximum atomic E-state index is 14.0. The fourth-order valence-electron chi connectivity index (χ4n) is 2.34. The molecule has 1 amide bonds. The first-order chi connectivity index (χ1) is 11.0. The number of thiazole rings is 1. The van der Waals surface area contributed by atoms with Crippen LogP contribution in [0.25, 0.3) is 10.2 Å². The number of hydrogen-bond acceptors (Lipinski definition) is 5. The first-order valence-corrected chi connectivity index (χ1v) is 7.92. The van der Waals surface area contributed by atoms with Gasteiger partial charge < -0.3 is 11.1 Å². The fourth-order valence-corrected chi connectivity index (χ4v) is 3.22. The maximum Gasteiger partial charge on any atom is 0.276 e. The van der Waals surface area contributed by atoms with Crippen LogP contribution in [0.15, 0.2) is 18.2 Å². The molecule has 0 aliphatic heterocycles. The van der Waals surface area contributed by atoms with Crippen molar-refractivity contribution >= 4 is 33.1 Å². The van der Waals surface area contributed by atoms with Crippen LogP contribution in [0.2, 0.25) is 0 Å². The molecular weight excluding hydrogens is 317 g/mol. The number of amides is 1. The summed E-state index contributed by atoms with van der Waals surface area (Å²) in [7, 11) is 0. The van der Waals surface area contributed by atoms with Crippen molar-refractivity contribution in [1.82, 2.24) is 14.8 Å². The van der Waals surface area contributed by atoms with E-state index in [-0.39, 0.29) is 11.6 Å². The van der Waals surface area contributed by atoms with Gasteiger partial charge >= 0.3 is 0 Å². The summed E-state index contributed by atoms with van der Waals surface area (Å²) in [6.45, 7) is 4.65. The number of nitrogens with zero attached hydrogens (tertiary/aromatic N) is 3. The Kier molecular flexibility index (Phi) is 4.10. The molecule has 120 valence electrons. The van der Waals surface area contributed by atoms with Crippen molar-refractivity contribution in [2.75, 3.05) is 11.9 Å². The van der Waals surface area contributed by atoms with Gasteiger partial charge in [0.15, 0.2) is 11.5 Å². The number of nitrogens with one attached hydrogen (secondary N) is 1. The van der Waals surface area contributed by atoms with Crippen LogP contribution in [-0.4, -0.2) is 27.2 Å². The number of carbonyl (C=O) groups excluding carboxylic acids is 1. The molecule has 0 radical (unpaired) electrons. The minimum Gasteiger partial charge on any atom is -0.329 e. The van der Waals surface area contributed by atoms with Crippen molar-refractivity contribution in [3.63, 3.8) is 0 Å². The highest BCUT2D eigenvalue weighted by Crippen LogP contribution is 2.27. The second-order valence-electron chi connectivity index (χ2n) is 5.17. The Morgan fingerprint density at radius 1 is 1.39 bits per heavy atom. The van der Waals surface area contributed by atoms with Gasteiger partial charge in [-0.2, -0.15) is 5.10 Å². The largest absolute Gasteiger partial charge is 0.329 e. The minimum absolute atomic E-state index is 0.275. The second kappa shape index (κ2) is 6.05. The van der Waals surface area contributed by atoms with Crippen LogP contribution < -0.4 is 11.1 Å². The van der Waals surface area contributed by atoms with Crippen molar-refractivity contribution in [2.45, 2.75) is 20.4 Å². The average Bonchev–Trinajstić information content (AvgIpc) is 3.03. The molecule has 6 nitrogen and oxygen atoms in total. The van der Waals surface area contributed by atoms with Gasteiger partial charge in [0.2, 0.25) is 0 Å². The van der Waals surface area contributed by atoms with Crippen LogP contribution in [0.4, 0.5) is 10.1 Å². The number of hydrogen-bond donors (Lipinski definition) is 2. The monoisotopic (exact) mass is 333 g/mol. The van der Waals surface area contributed by atoms with Crippen LogP contribution in [-0.2, 0) is 6.54 Å². The smallest absolute Gasteiger partial charge is 0.276 e. The lowest BCUT2D eigenvalue weighted by atomic mass is 10.2. The Balaban J connectivity index is 1.86. The lowest BCUT2D eigenvalue weighted by Crippen LogP contribution is -2.15. The van der Waals surface area contributed by atoms with Gasteiger partial charge in [0, 0.05) is 17.9 Å². The number of aromatic nitrogens is 3. The number of nitrogens with two attached hydrogens (primary N) is 1. The van der Waals surface area contributed by atoms with E-state index in [0.717, 1.165) is 10.7 Å². The molecule has 0 bridgehead atoms. The highest BCUT2D eigenvalue weighted by molar-refractivity contribution is 7.18. The highest BCUT2D eigenvalue weighted by atomic mass is 32.1. The topological polar surface area (TPSA) is 85.8 Å². The van der Waals surface area contributed by atoms with Crippen molar-refractivity contribution in [3.05, 3.63) is 40.4 Å². The number of anilines is 1. The first kappa shape index (κ1) is 15.6. The van der Waals surface area contributed by atoms with Gasteiger partial charge in [-0.05, 0) is 32.0 Å². The van der Waals surface area contributed by atoms with E-state index in [9.17, 15) is 9.18 Å². The number of aryl methyl sites for hydroxylation is 2. The molecule has 23 heavy (non-hydrogen) atoms. The molecule has 0 saturated heterocycles. The Bertz CT molecular complexity index is 886. The molecule has 0 saturated carbocycles. The Morgan fingerprint density at radius 3 is 2.91 bits per heavy atom. The predicted molar refractivity (Wildman–Crippen MR) is 88.3 cm³/mol. The second-order valence-corrected chi connectivity index (χ2v) is 6.41. The van der Waals surface area contributed by atoms with E-state index in [2.05, 4.69) is 15.4 Å². The summed E-state index contributed by atoms with van der Waals surface area (Å²) < 4.78 is 16.4. The summed E-state index contributed by atoms with van der Waals surface area (Å²) in [5.74, 6) is -0.837. The zero-order valence-electron chi connectivity index (χ0n) is 12.8. The minimum atomic E-state index is -0.452. The SMILES string of the molecule is Cc1nc2c(F)cc(NC(=O)c3cc(C)n(CCN)n3)cc2s1. The van der Waals surface area contributed by atoms with E-state index in [1.54, 1.807) is 16.8 Å². The first-order valence-electron chi connectivity index (χ1n) is 7.10. The lowest BCUT2D eigenvalue weighted by Gasteiger charge is -2.04. The van der Waals surface area contributed by atoms with Crippen molar-refractivity contribution < 1.29 is 9.18 Å². The molecule has 1 aromatic carbocycles. The normalized spacial score (nSPS) is 11.1. The van der Waals surface area contributed by atoms with Gasteiger partial charge in [-0.1, -0.05) is 0 Å². The van der Waals surface area contributed by atoms with Crippen LogP contribution in [0, 0.1) is 19.7 Å². The van der Waals surface area contributed by atoms with Crippen LogP contribution >= 0.6 is 11.3 Å². The molecule has 2 aromatic heterocycles. The van der Waals surface area contributed by atoms with E-state index >= 15 is 0 Å². The molecule has 0 aliphatic rings. The molecule has 3 aromatic rings. The molecule has 0 spiro atoms. The van der Waals surface area contributed by atoms with Crippen LogP contribution in [0.5, 0.6) is 0 Å². The lowest BCUT2D eigenvalue weighted by molar-refractivity contribution is 0.102. The van der Waals surface area contributed by atoms with E-state index in [1.165, 1.54) is 17.4 Å². The third-order valence-electron chi connectivity index (χ3n) is 3.37. The molecule has 0 fully saturated rings. The highest BCUT2D eigenvalue weighted by Gasteiger charge is 2.14. The molecule has 0 atom stereocenters. The summed E-state index contributed by atoms with van der Waals surface area (Å²) in [6.07, 6.45) is 0. The molecule has 0 unspecified atom stereocenters. The van der Waals surface area contributed by atoms with Gasteiger partial charge in [0.25, 0.3) is 5.91 Å². The standard InChI is InChI=1S/C15H16FN5OS/c1-8-5-12(20-21(8)4-3-17)15(22)19-10-6-11(16)14-13(7-10)23-9(2)18-14/h5-7H,3-4,17H2,1-2H3,(H,19,22). The summed E-state index contributed by atoms with van der Waals surface area (Å²) >= 11 is 1.38. The fraction of sp³-hybridized carbons (Fsp3) is 0.267. The van der Waals surface area contributed by atoms with Crippen LogP contribution in [0.3, 0.4) is 0 Å². The molecular formula is C15H16FN5OS. The zero-order chi connectivity index (χ0) is 16.6. The third-order valence-corrected chi connectivity index (χ3v) is 4.29. The zero-order valence-corrected chi connectivity index (χ0v) is 13.6. The summed E-state index contributed by atoms with van der Waals surface area (Å²) in [5.41, 5.74) is 7.34. The summed E-state index contributed by atoms with van der Waals surface area (Å²) in [6, 6.07) is 4.66. The third kappa shape index (κ3) is 3.08. The van der Waals surface area contributed by atoms with E-state index < -0.39 is 5.82 Å². The van der Waals surface area contributed by atoms with Crippen molar-refractivity contribution in [2.24, 2.45) is 5.73 Å². The van der Waals surface area contributed by atoms with Crippen molar-refractivity contribution in [3.8, 4) is 0 Å². The molecule has 3 rings (SSSR count). The quantitative estimate of drug-likeness (QED) is 0.768. The van der Waals surface area contributed by atoms with Gasteiger partial charge in [0.05, 0.1) is 16.3 Å². The van der Waals surface area contributed by atoms with Gasteiger partial charge in [-0.15, -0.1) is 11.3 Å². The Morgan fingerprint density at radius 2 is 2.17 bits per heavy atom. The number of halogens is 1. The predicted octanol–water partition coefficient (Wildman–Crippen LogP) is 2.46. The van der Waals surface area contributed by atoms with Crippen LogP contribution in [0.1, 0.15) is 21.2 Å². The molecule has 0 aliphatic carbocycles. The maximum absolute atomic E-state index is 14.0. The van der Waals surface area contributed by atoms with Gasteiger partial charge in [-0.3, -0.25) is 9.48 Å². The molecule has 8 heteroatoms. The van der Waals surface area contributed by atoms with E-state index in [4.69, 9.17) is 5.73 Å². The van der Waals surface area contributed by atoms with Crippen molar-refractivity contribution in [1.29, 1.82) is 0 Å². The van der Waals surface area contributed by atoms with Gasteiger partial charge in [-0.25, -0.2) is 9.37 Å². The Labute approximate surface area is 136 Å². The van der Waals surface area contributed by atoms with E-state index in [1.807, 2.05) is 13.8 Å². The molecule has 3 N–H and O–H groups in total. The van der Waals surface area contributed by atoms with E-state index in [0.29, 0.717) is 29.0 Å². The Hall–Kier alpha value is -2.32.